The molecule has 0 aliphatic carbocycles. The minimum absolute atomic E-state index is 0.000865. The molecule has 0 bridgehead atoms. The van der Waals surface area contributed by atoms with Crippen molar-refractivity contribution >= 4 is 16.0 Å². The molecule has 7 heteroatoms. The van der Waals surface area contributed by atoms with E-state index < -0.39 is 16.0 Å². The number of carbonyl (C=O) groups is 1. The summed E-state index contributed by atoms with van der Waals surface area (Å²) in [7, 11) is -3.29. The largest absolute Gasteiger partial charge is 0.481 e. The lowest BCUT2D eigenvalue weighted by molar-refractivity contribution is -0.138. The van der Waals surface area contributed by atoms with Gasteiger partial charge in [-0.25, -0.2) is 12.7 Å². The SMILES string of the molecule is CCOCCS(=O)(=O)N1CCCC(C(C)CC(=O)O)C1. The van der Waals surface area contributed by atoms with E-state index in [-0.39, 0.29) is 30.6 Å². The maximum Gasteiger partial charge on any atom is 0.303 e. The fourth-order valence-corrected chi connectivity index (χ4v) is 3.98. The van der Waals surface area contributed by atoms with Crippen molar-refractivity contribution in [3.05, 3.63) is 0 Å². The highest BCUT2D eigenvalue weighted by Gasteiger charge is 2.31. The zero-order chi connectivity index (χ0) is 15.2. The molecule has 1 aliphatic rings. The summed E-state index contributed by atoms with van der Waals surface area (Å²) < 4.78 is 31.0. The van der Waals surface area contributed by atoms with Gasteiger partial charge in [0.15, 0.2) is 0 Å². The Balaban J connectivity index is 2.57. The second-order valence-electron chi connectivity index (χ2n) is 5.35. The number of hydrogen-bond acceptors (Lipinski definition) is 4. The first kappa shape index (κ1) is 17.4. The van der Waals surface area contributed by atoms with Gasteiger partial charge in [-0.05, 0) is 31.6 Å². The van der Waals surface area contributed by atoms with Crippen molar-refractivity contribution in [2.45, 2.75) is 33.1 Å². The molecule has 1 saturated heterocycles. The lowest BCUT2D eigenvalue weighted by atomic mass is 9.85. The van der Waals surface area contributed by atoms with E-state index in [2.05, 4.69) is 0 Å². The third-order valence-electron chi connectivity index (χ3n) is 3.81. The van der Waals surface area contributed by atoms with E-state index in [0.29, 0.717) is 19.7 Å². The molecule has 1 heterocycles. The standard InChI is InChI=1S/C13H25NO5S/c1-3-19-7-8-20(17,18)14-6-4-5-12(10-14)11(2)9-13(15)16/h11-12H,3-10H2,1-2H3,(H,15,16). The minimum Gasteiger partial charge on any atom is -0.481 e. The normalized spacial score (nSPS) is 22.6. The average molecular weight is 307 g/mol. The molecule has 0 spiro atoms. The highest BCUT2D eigenvalue weighted by atomic mass is 32.2. The first-order valence-corrected chi connectivity index (χ1v) is 8.75. The molecule has 1 aliphatic heterocycles. The molecule has 2 unspecified atom stereocenters. The third-order valence-corrected chi connectivity index (χ3v) is 5.61. The van der Waals surface area contributed by atoms with Crippen LogP contribution < -0.4 is 0 Å². The Hall–Kier alpha value is -0.660. The van der Waals surface area contributed by atoms with Gasteiger partial charge in [-0.15, -0.1) is 0 Å². The van der Waals surface area contributed by atoms with E-state index in [0.717, 1.165) is 12.8 Å². The smallest absolute Gasteiger partial charge is 0.303 e. The molecule has 0 aromatic heterocycles. The summed E-state index contributed by atoms with van der Waals surface area (Å²) in [5.41, 5.74) is 0. The summed E-state index contributed by atoms with van der Waals surface area (Å²) >= 11 is 0. The van der Waals surface area contributed by atoms with Crippen molar-refractivity contribution in [1.82, 2.24) is 4.31 Å². The summed E-state index contributed by atoms with van der Waals surface area (Å²) in [6.07, 6.45) is 1.78. The fraction of sp³-hybridized carbons (Fsp3) is 0.923. The maximum absolute atomic E-state index is 12.2. The molecule has 0 amide bonds. The highest BCUT2D eigenvalue weighted by Crippen LogP contribution is 2.27. The van der Waals surface area contributed by atoms with Crippen molar-refractivity contribution in [2.75, 3.05) is 32.1 Å². The van der Waals surface area contributed by atoms with E-state index in [1.165, 1.54) is 4.31 Å². The Morgan fingerprint density at radius 1 is 1.50 bits per heavy atom. The van der Waals surface area contributed by atoms with Gasteiger partial charge in [-0.3, -0.25) is 4.79 Å². The van der Waals surface area contributed by atoms with Crippen molar-refractivity contribution in [3.8, 4) is 0 Å². The molecule has 2 atom stereocenters. The first-order chi connectivity index (χ1) is 9.36. The van der Waals surface area contributed by atoms with Crippen LogP contribution in [0, 0.1) is 11.8 Å². The van der Waals surface area contributed by atoms with Gasteiger partial charge in [-0.1, -0.05) is 6.92 Å². The number of hydrogen-bond donors (Lipinski definition) is 1. The van der Waals surface area contributed by atoms with Crippen LogP contribution in [0.2, 0.25) is 0 Å². The van der Waals surface area contributed by atoms with E-state index in [9.17, 15) is 13.2 Å². The first-order valence-electron chi connectivity index (χ1n) is 7.14. The van der Waals surface area contributed by atoms with Crippen LogP contribution in [0.1, 0.15) is 33.1 Å². The zero-order valence-corrected chi connectivity index (χ0v) is 13.1. The van der Waals surface area contributed by atoms with Crippen molar-refractivity contribution < 1.29 is 23.1 Å². The molecule has 1 rings (SSSR count). The quantitative estimate of drug-likeness (QED) is 0.681. The molecular weight excluding hydrogens is 282 g/mol. The fourth-order valence-electron chi connectivity index (χ4n) is 2.57. The van der Waals surface area contributed by atoms with Crippen molar-refractivity contribution in [3.63, 3.8) is 0 Å². The number of nitrogens with zero attached hydrogens (tertiary/aromatic N) is 1. The number of ether oxygens (including phenoxy) is 1. The van der Waals surface area contributed by atoms with Crippen LogP contribution in [0.15, 0.2) is 0 Å². The second kappa shape index (κ2) is 7.95. The predicted octanol–water partition coefficient (Wildman–Crippen LogP) is 1.18. The molecule has 0 aromatic carbocycles. The van der Waals surface area contributed by atoms with E-state index in [1.807, 2.05) is 13.8 Å². The van der Waals surface area contributed by atoms with Crippen LogP contribution in [-0.2, 0) is 19.6 Å². The van der Waals surface area contributed by atoms with Gasteiger partial charge in [-0.2, -0.15) is 0 Å². The summed E-state index contributed by atoms with van der Waals surface area (Å²) in [6, 6.07) is 0. The topological polar surface area (TPSA) is 83.9 Å². The van der Waals surface area contributed by atoms with Crippen LogP contribution in [0.3, 0.4) is 0 Å². The Kier molecular flexibility index (Phi) is 6.91. The van der Waals surface area contributed by atoms with Crippen LogP contribution in [0.5, 0.6) is 0 Å². The lowest BCUT2D eigenvalue weighted by Gasteiger charge is -2.34. The zero-order valence-electron chi connectivity index (χ0n) is 12.2. The Bertz CT molecular complexity index is 409. The molecule has 6 nitrogen and oxygen atoms in total. The number of carboxylic acids is 1. The summed E-state index contributed by atoms with van der Waals surface area (Å²) in [5, 5.41) is 8.84. The van der Waals surface area contributed by atoms with Gasteiger partial charge in [0.2, 0.25) is 10.0 Å². The van der Waals surface area contributed by atoms with Gasteiger partial charge in [0.1, 0.15) is 0 Å². The number of carboxylic acid groups (broad SMARTS) is 1. The Morgan fingerprint density at radius 2 is 2.20 bits per heavy atom. The molecule has 118 valence electrons. The van der Waals surface area contributed by atoms with Gasteiger partial charge in [0.05, 0.1) is 12.4 Å². The Labute approximate surface area is 121 Å². The van der Waals surface area contributed by atoms with Crippen molar-refractivity contribution in [1.29, 1.82) is 0 Å². The van der Waals surface area contributed by atoms with Crippen LogP contribution in [-0.4, -0.2) is 55.9 Å². The highest BCUT2D eigenvalue weighted by molar-refractivity contribution is 7.89. The number of sulfonamides is 1. The van der Waals surface area contributed by atoms with Crippen LogP contribution in [0.25, 0.3) is 0 Å². The van der Waals surface area contributed by atoms with Crippen LogP contribution >= 0.6 is 0 Å². The third kappa shape index (κ3) is 5.38. The second-order valence-corrected chi connectivity index (χ2v) is 7.44. The Morgan fingerprint density at radius 3 is 2.80 bits per heavy atom. The maximum atomic E-state index is 12.2. The van der Waals surface area contributed by atoms with Crippen molar-refractivity contribution in [2.24, 2.45) is 11.8 Å². The minimum atomic E-state index is -3.29. The molecule has 1 fully saturated rings. The number of piperidine rings is 1. The van der Waals surface area contributed by atoms with E-state index >= 15 is 0 Å². The van der Waals surface area contributed by atoms with E-state index in [1.54, 1.807) is 0 Å². The molecule has 20 heavy (non-hydrogen) atoms. The summed E-state index contributed by atoms with van der Waals surface area (Å²) in [6.45, 7) is 5.40. The monoisotopic (exact) mass is 307 g/mol. The number of aliphatic carboxylic acids is 1. The summed E-state index contributed by atoms with van der Waals surface area (Å²) in [4.78, 5) is 10.8. The lowest BCUT2D eigenvalue weighted by Crippen LogP contribution is -2.43. The summed E-state index contributed by atoms with van der Waals surface area (Å²) in [5.74, 6) is -0.700. The van der Waals surface area contributed by atoms with Gasteiger partial charge >= 0.3 is 5.97 Å². The molecular formula is C13H25NO5S. The molecule has 0 radical (unpaired) electrons. The number of rotatable bonds is 8. The molecule has 0 aromatic rings. The van der Waals surface area contributed by atoms with Gasteiger partial charge in [0.25, 0.3) is 0 Å². The molecule has 1 N–H and O–H groups in total. The predicted molar refractivity (Wildman–Crippen MR) is 76.0 cm³/mol. The van der Waals surface area contributed by atoms with Crippen LogP contribution in [0.4, 0.5) is 0 Å². The van der Waals surface area contributed by atoms with Gasteiger partial charge in [0, 0.05) is 26.1 Å². The van der Waals surface area contributed by atoms with Gasteiger partial charge < -0.3 is 9.84 Å². The molecule has 0 saturated carbocycles. The average Bonchev–Trinajstić information content (AvgIpc) is 2.38. The van der Waals surface area contributed by atoms with E-state index in [4.69, 9.17) is 9.84 Å².